The first-order valence-corrected chi connectivity index (χ1v) is 12.0. The zero-order valence-corrected chi connectivity index (χ0v) is 20.2. The van der Waals surface area contributed by atoms with E-state index >= 15 is 0 Å². The molecule has 2 aromatic carbocycles. The van der Waals surface area contributed by atoms with Crippen LogP contribution in [0.4, 0.5) is 0 Å². The summed E-state index contributed by atoms with van der Waals surface area (Å²) >= 11 is 6.28. The van der Waals surface area contributed by atoms with Crippen LogP contribution >= 0.6 is 11.6 Å². The maximum absolute atomic E-state index is 13.7. The van der Waals surface area contributed by atoms with Gasteiger partial charge in [0.15, 0.2) is 5.76 Å². The minimum Gasteiger partial charge on any atom is -0.459 e. The Kier molecular flexibility index (Phi) is 7.48. The topological polar surface area (TPSA) is 68.3 Å². The Morgan fingerprint density at radius 1 is 1.09 bits per heavy atom. The molecule has 1 atom stereocenters. The molecule has 0 N–H and O–H groups in total. The molecular weight excluding hydrogens is 450 g/mol. The van der Waals surface area contributed by atoms with Gasteiger partial charge in [0, 0.05) is 11.6 Å². The van der Waals surface area contributed by atoms with Gasteiger partial charge in [-0.15, -0.1) is 0 Å². The average molecular weight is 478 g/mol. The maximum atomic E-state index is 13.7. The number of para-hydroxylation sites is 1. The van der Waals surface area contributed by atoms with Crippen molar-refractivity contribution in [3.8, 4) is 5.69 Å². The molecule has 0 fully saturated rings. The molecule has 0 aliphatic rings. The minimum atomic E-state index is -0.439. The number of fused-ring (bicyclic) bond motifs is 1. The summed E-state index contributed by atoms with van der Waals surface area (Å²) in [7, 11) is 0. The smallest absolute Gasteiger partial charge is 0.290 e. The quantitative estimate of drug-likeness (QED) is 0.261. The molecule has 7 heteroatoms. The van der Waals surface area contributed by atoms with E-state index < -0.39 is 6.04 Å². The van der Waals surface area contributed by atoms with Crippen molar-refractivity contribution < 1.29 is 9.21 Å². The molecule has 34 heavy (non-hydrogen) atoms. The number of nitrogens with zero attached hydrogens (tertiary/aromatic N) is 3. The van der Waals surface area contributed by atoms with E-state index in [9.17, 15) is 9.59 Å². The minimum absolute atomic E-state index is 0.194. The van der Waals surface area contributed by atoms with Crippen LogP contribution in [0.1, 0.15) is 62.0 Å². The molecule has 0 saturated carbocycles. The van der Waals surface area contributed by atoms with E-state index in [1.54, 1.807) is 45.9 Å². The van der Waals surface area contributed by atoms with Crippen molar-refractivity contribution >= 4 is 28.4 Å². The summed E-state index contributed by atoms with van der Waals surface area (Å²) in [6, 6.07) is 17.3. The third-order valence-electron chi connectivity index (χ3n) is 5.92. The Morgan fingerprint density at radius 3 is 2.62 bits per heavy atom. The first-order chi connectivity index (χ1) is 16.5. The molecule has 6 nitrogen and oxygen atoms in total. The molecule has 1 unspecified atom stereocenters. The molecule has 0 bridgehead atoms. The van der Waals surface area contributed by atoms with Gasteiger partial charge >= 0.3 is 0 Å². The normalized spacial score (nSPS) is 12.1. The number of hydrogen-bond donors (Lipinski definition) is 0. The lowest BCUT2D eigenvalue weighted by Gasteiger charge is -2.32. The van der Waals surface area contributed by atoms with Crippen molar-refractivity contribution in [1.82, 2.24) is 14.5 Å². The number of furan rings is 1. The van der Waals surface area contributed by atoms with Gasteiger partial charge in [-0.25, -0.2) is 4.98 Å². The van der Waals surface area contributed by atoms with Crippen LogP contribution in [-0.4, -0.2) is 26.9 Å². The first kappa shape index (κ1) is 23.8. The number of aromatic nitrogens is 2. The van der Waals surface area contributed by atoms with E-state index in [1.165, 1.54) is 6.26 Å². The molecule has 2 heterocycles. The monoisotopic (exact) mass is 477 g/mol. The van der Waals surface area contributed by atoms with Crippen LogP contribution in [0.25, 0.3) is 16.6 Å². The molecule has 1 amide bonds. The van der Waals surface area contributed by atoms with Crippen molar-refractivity contribution in [2.75, 3.05) is 6.54 Å². The van der Waals surface area contributed by atoms with Gasteiger partial charge in [0.2, 0.25) is 0 Å². The Bertz CT molecular complexity index is 1330. The fraction of sp³-hybridized carbons (Fsp3) is 0.296. The van der Waals surface area contributed by atoms with E-state index in [0.29, 0.717) is 40.4 Å². The number of amides is 1. The summed E-state index contributed by atoms with van der Waals surface area (Å²) < 4.78 is 7.03. The summed E-state index contributed by atoms with van der Waals surface area (Å²) in [5.74, 6) is 0.560. The SMILES string of the molecule is CCCCCN(C(=O)c1ccco1)C(CC)c1nc2ccccc2c(=O)n1-c1cccc(Cl)c1. The fourth-order valence-electron chi connectivity index (χ4n) is 4.25. The number of halogens is 1. The number of benzene rings is 2. The second kappa shape index (κ2) is 10.7. The number of unbranched alkanes of at least 4 members (excludes halogenated alkanes) is 2. The zero-order chi connectivity index (χ0) is 24.1. The van der Waals surface area contributed by atoms with Gasteiger partial charge < -0.3 is 9.32 Å². The molecule has 0 radical (unpaired) electrons. The average Bonchev–Trinajstić information content (AvgIpc) is 3.38. The van der Waals surface area contributed by atoms with Crippen LogP contribution in [0.5, 0.6) is 0 Å². The highest BCUT2D eigenvalue weighted by atomic mass is 35.5. The van der Waals surface area contributed by atoms with E-state index in [2.05, 4.69) is 6.92 Å². The van der Waals surface area contributed by atoms with Gasteiger partial charge in [0.05, 0.1) is 28.9 Å². The molecule has 4 aromatic rings. The second-order valence-electron chi connectivity index (χ2n) is 8.21. The standard InChI is InChI=1S/C27H28ClN3O3/c1-3-5-8-16-30(27(33)24-15-10-17-34-24)23(4-2)25-29-22-14-7-6-13-21(22)26(32)31(25)20-12-9-11-19(28)18-20/h6-7,9-15,17-18,23H,3-5,8,16H2,1-2H3. The maximum Gasteiger partial charge on any atom is 0.290 e. The third-order valence-corrected chi connectivity index (χ3v) is 6.16. The number of hydrogen-bond acceptors (Lipinski definition) is 4. The van der Waals surface area contributed by atoms with Gasteiger partial charge in [0.25, 0.3) is 11.5 Å². The Labute approximate surface area is 203 Å². The molecule has 2 aromatic heterocycles. The fourth-order valence-corrected chi connectivity index (χ4v) is 4.44. The molecule has 0 aliphatic carbocycles. The lowest BCUT2D eigenvalue weighted by atomic mass is 10.1. The molecule has 0 saturated heterocycles. The van der Waals surface area contributed by atoms with Crippen LogP contribution in [-0.2, 0) is 0 Å². The van der Waals surface area contributed by atoms with Gasteiger partial charge in [-0.05, 0) is 55.3 Å². The van der Waals surface area contributed by atoms with E-state index in [4.69, 9.17) is 21.0 Å². The third kappa shape index (κ3) is 4.77. The van der Waals surface area contributed by atoms with Crippen LogP contribution in [0.3, 0.4) is 0 Å². The highest BCUT2D eigenvalue weighted by molar-refractivity contribution is 6.30. The number of carbonyl (C=O) groups excluding carboxylic acids is 1. The predicted molar refractivity (Wildman–Crippen MR) is 135 cm³/mol. The highest BCUT2D eigenvalue weighted by Gasteiger charge is 2.30. The van der Waals surface area contributed by atoms with Crippen LogP contribution in [0.2, 0.25) is 5.02 Å². The van der Waals surface area contributed by atoms with E-state index in [-0.39, 0.29) is 17.2 Å². The van der Waals surface area contributed by atoms with Crippen molar-refractivity contribution in [3.05, 3.63) is 93.9 Å². The summed E-state index contributed by atoms with van der Waals surface area (Å²) in [5, 5.41) is 1.03. The lowest BCUT2D eigenvalue weighted by molar-refractivity contribution is 0.0622. The van der Waals surface area contributed by atoms with Crippen LogP contribution in [0, 0.1) is 0 Å². The lowest BCUT2D eigenvalue weighted by Crippen LogP contribution is -2.39. The second-order valence-corrected chi connectivity index (χ2v) is 8.65. The summed E-state index contributed by atoms with van der Waals surface area (Å²) in [6.45, 7) is 4.65. The number of carbonyl (C=O) groups is 1. The summed E-state index contributed by atoms with van der Waals surface area (Å²) in [6.07, 6.45) is 4.93. The predicted octanol–water partition coefficient (Wildman–Crippen LogP) is 6.42. The zero-order valence-electron chi connectivity index (χ0n) is 19.4. The Morgan fingerprint density at radius 2 is 1.91 bits per heavy atom. The van der Waals surface area contributed by atoms with E-state index in [0.717, 1.165) is 19.3 Å². The highest BCUT2D eigenvalue weighted by Crippen LogP contribution is 2.28. The van der Waals surface area contributed by atoms with Crippen molar-refractivity contribution in [2.45, 2.75) is 45.6 Å². The first-order valence-electron chi connectivity index (χ1n) is 11.7. The summed E-state index contributed by atoms with van der Waals surface area (Å²) in [5.41, 5.74) is 1.02. The molecule has 4 rings (SSSR count). The van der Waals surface area contributed by atoms with Gasteiger partial charge in [-0.2, -0.15) is 0 Å². The van der Waals surface area contributed by atoms with Crippen LogP contribution < -0.4 is 5.56 Å². The summed E-state index contributed by atoms with van der Waals surface area (Å²) in [4.78, 5) is 33.9. The van der Waals surface area contributed by atoms with Gasteiger partial charge in [-0.3, -0.25) is 14.2 Å². The van der Waals surface area contributed by atoms with Crippen molar-refractivity contribution in [2.24, 2.45) is 0 Å². The number of rotatable bonds is 9. The van der Waals surface area contributed by atoms with Crippen LogP contribution in [0.15, 0.2) is 76.1 Å². The molecule has 0 aliphatic heterocycles. The van der Waals surface area contributed by atoms with Gasteiger partial charge in [0.1, 0.15) is 5.82 Å². The Balaban J connectivity index is 1.93. The van der Waals surface area contributed by atoms with Crippen molar-refractivity contribution in [1.29, 1.82) is 0 Å². The Hall–Kier alpha value is -3.38. The largest absolute Gasteiger partial charge is 0.459 e. The molecular formula is C27H28ClN3O3. The molecule has 176 valence electrons. The van der Waals surface area contributed by atoms with E-state index in [1.807, 2.05) is 31.2 Å². The van der Waals surface area contributed by atoms with Gasteiger partial charge in [-0.1, -0.05) is 56.5 Å². The van der Waals surface area contributed by atoms with Crippen molar-refractivity contribution in [3.63, 3.8) is 0 Å². The molecule has 0 spiro atoms.